The molecule has 0 bridgehead atoms. The van der Waals surface area contributed by atoms with Gasteiger partial charge >= 0.3 is 0 Å². The molecule has 6 nitrogen and oxygen atoms in total. The summed E-state index contributed by atoms with van der Waals surface area (Å²) in [6.45, 7) is 13.2. The zero-order valence-corrected chi connectivity index (χ0v) is 16.6. The van der Waals surface area contributed by atoms with Gasteiger partial charge in [-0.15, -0.1) is 34.2 Å². The SMILES string of the molecule is CCNC(=NCC1CCc2nnc(C)n2C1)NC(C)(C)C.I. The fourth-order valence-corrected chi connectivity index (χ4v) is 2.56. The second kappa shape index (κ2) is 8.12. The number of hydrogen-bond acceptors (Lipinski definition) is 3. The minimum atomic E-state index is 0. The van der Waals surface area contributed by atoms with Crippen LogP contribution in [0.1, 0.15) is 45.8 Å². The van der Waals surface area contributed by atoms with Crippen molar-refractivity contribution in [1.29, 1.82) is 0 Å². The van der Waals surface area contributed by atoms with Gasteiger partial charge < -0.3 is 15.2 Å². The lowest BCUT2D eigenvalue weighted by atomic mass is 9.99. The number of aryl methyl sites for hydroxylation is 2. The number of nitrogens with one attached hydrogen (secondary N) is 2. The molecule has 0 aromatic carbocycles. The third-order valence-electron chi connectivity index (χ3n) is 3.57. The summed E-state index contributed by atoms with van der Waals surface area (Å²) in [6, 6.07) is 0. The Hall–Kier alpha value is -0.860. The minimum Gasteiger partial charge on any atom is -0.357 e. The quantitative estimate of drug-likeness (QED) is 0.447. The number of nitrogens with zero attached hydrogens (tertiary/aromatic N) is 4. The van der Waals surface area contributed by atoms with Crippen molar-refractivity contribution in [3.05, 3.63) is 11.6 Å². The van der Waals surface area contributed by atoms with Crippen molar-refractivity contribution in [1.82, 2.24) is 25.4 Å². The van der Waals surface area contributed by atoms with E-state index in [0.29, 0.717) is 5.92 Å². The Morgan fingerprint density at radius 1 is 1.36 bits per heavy atom. The first kappa shape index (κ1) is 19.2. The van der Waals surface area contributed by atoms with Gasteiger partial charge in [-0.3, -0.25) is 4.99 Å². The second-order valence-electron chi connectivity index (χ2n) is 6.77. The van der Waals surface area contributed by atoms with Gasteiger partial charge in [0.05, 0.1) is 0 Å². The molecule has 0 saturated heterocycles. The molecule has 0 fully saturated rings. The van der Waals surface area contributed by atoms with Crippen molar-refractivity contribution in [3.8, 4) is 0 Å². The normalized spacial score (nSPS) is 18.4. The number of aliphatic imine (C=N–C) groups is 1. The van der Waals surface area contributed by atoms with Crippen molar-refractivity contribution < 1.29 is 0 Å². The van der Waals surface area contributed by atoms with Crippen LogP contribution in [0.4, 0.5) is 0 Å². The van der Waals surface area contributed by atoms with Crippen LogP contribution in [0.5, 0.6) is 0 Å². The lowest BCUT2D eigenvalue weighted by molar-refractivity contribution is 0.369. The van der Waals surface area contributed by atoms with Crippen molar-refractivity contribution in [2.45, 2.75) is 59.5 Å². The summed E-state index contributed by atoms with van der Waals surface area (Å²) < 4.78 is 2.23. The van der Waals surface area contributed by atoms with Gasteiger partial charge in [-0.25, -0.2) is 0 Å². The Labute approximate surface area is 150 Å². The molecular weight excluding hydrogens is 391 g/mol. The third-order valence-corrected chi connectivity index (χ3v) is 3.57. The maximum atomic E-state index is 4.75. The summed E-state index contributed by atoms with van der Waals surface area (Å²) in [7, 11) is 0. The molecule has 1 atom stereocenters. The Kier molecular flexibility index (Phi) is 7.08. The fraction of sp³-hybridized carbons (Fsp3) is 0.800. The van der Waals surface area contributed by atoms with Crippen molar-refractivity contribution in [2.75, 3.05) is 13.1 Å². The third kappa shape index (κ3) is 5.40. The average Bonchev–Trinajstić information content (AvgIpc) is 2.76. The molecule has 0 amide bonds. The van der Waals surface area contributed by atoms with Crippen LogP contribution in [0.25, 0.3) is 0 Å². The van der Waals surface area contributed by atoms with Crippen LogP contribution in [0.15, 0.2) is 4.99 Å². The van der Waals surface area contributed by atoms with E-state index in [9.17, 15) is 0 Å². The Morgan fingerprint density at radius 3 is 2.73 bits per heavy atom. The molecule has 0 spiro atoms. The number of guanidine groups is 1. The summed E-state index contributed by atoms with van der Waals surface area (Å²) in [6.07, 6.45) is 2.14. The van der Waals surface area contributed by atoms with E-state index in [-0.39, 0.29) is 29.5 Å². The smallest absolute Gasteiger partial charge is 0.191 e. The molecule has 1 aromatic heterocycles. The highest BCUT2D eigenvalue weighted by atomic mass is 127. The van der Waals surface area contributed by atoms with Gasteiger partial charge in [0.2, 0.25) is 0 Å². The van der Waals surface area contributed by atoms with Crippen LogP contribution in [-0.2, 0) is 13.0 Å². The largest absolute Gasteiger partial charge is 0.357 e. The van der Waals surface area contributed by atoms with Crippen molar-refractivity contribution >= 4 is 29.9 Å². The molecule has 0 saturated carbocycles. The van der Waals surface area contributed by atoms with E-state index in [1.165, 1.54) is 0 Å². The van der Waals surface area contributed by atoms with E-state index in [1.807, 2.05) is 6.92 Å². The topological polar surface area (TPSA) is 67.1 Å². The second-order valence-corrected chi connectivity index (χ2v) is 6.77. The zero-order valence-electron chi connectivity index (χ0n) is 14.3. The first-order valence-electron chi connectivity index (χ1n) is 7.84. The molecule has 0 radical (unpaired) electrons. The summed E-state index contributed by atoms with van der Waals surface area (Å²) >= 11 is 0. The Bertz CT molecular complexity index is 503. The van der Waals surface area contributed by atoms with E-state index in [1.54, 1.807) is 0 Å². The summed E-state index contributed by atoms with van der Waals surface area (Å²) in [4.78, 5) is 4.75. The van der Waals surface area contributed by atoms with Gasteiger partial charge in [-0.2, -0.15) is 0 Å². The molecule has 1 aliphatic heterocycles. The van der Waals surface area contributed by atoms with Gasteiger partial charge in [-0.05, 0) is 47.0 Å². The molecule has 2 heterocycles. The summed E-state index contributed by atoms with van der Waals surface area (Å²) in [5.74, 6) is 3.59. The Balaban J connectivity index is 0.00000242. The van der Waals surface area contributed by atoms with Gasteiger partial charge in [0.1, 0.15) is 11.6 Å². The molecule has 126 valence electrons. The number of hydrogen-bond donors (Lipinski definition) is 2. The zero-order chi connectivity index (χ0) is 15.5. The van der Waals surface area contributed by atoms with Crippen LogP contribution < -0.4 is 10.6 Å². The molecule has 1 aromatic rings. The molecule has 1 aliphatic rings. The molecule has 0 aliphatic carbocycles. The average molecular weight is 420 g/mol. The maximum absolute atomic E-state index is 4.75. The molecule has 1 unspecified atom stereocenters. The number of aromatic nitrogens is 3. The van der Waals surface area contributed by atoms with Crippen LogP contribution in [0, 0.1) is 12.8 Å². The van der Waals surface area contributed by atoms with Gasteiger partial charge in [-0.1, -0.05) is 0 Å². The van der Waals surface area contributed by atoms with E-state index in [4.69, 9.17) is 4.99 Å². The molecule has 2 rings (SSSR count). The molecule has 2 N–H and O–H groups in total. The first-order valence-corrected chi connectivity index (χ1v) is 7.84. The van der Waals surface area contributed by atoms with Crippen molar-refractivity contribution in [2.24, 2.45) is 10.9 Å². The van der Waals surface area contributed by atoms with Crippen LogP contribution in [0.2, 0.25) is 0 Å². The highest BCUT2D eigenvalue weighted by molar-refractivity contribution is 14.0. The first-order chi connectivity index (χ1) is 9.89. The van der Waals surface area contributed by atoms with Crippen molar-refractivity contribution in [3.63, 3.8) is 0 Å². The van der Waals surface area contributed by atoms with Crippen LogP contribution in [-0.4, -0.2) is 39.4 Å². The summed E-state index contributed by atoms with van der Waals surface area (Å²) in [5.41, 5.74) is 0.0194. The predicted octanol–water partition coefficient (Wildman–Crippen LogP) is 2.12. The lowest BCUT2D eigenvalue weighted by Crippen LogP contribution is -2.47. The Morgan fingerprint density at radius 2 is 2.09 bits per heavy atom. The standard InChI is InChI=1S/C15H28N6.HI/c1-6-16-14(18-15(3,4)5)17-9-12-7-8-13-20-19-11(2)21(13)10-12;/h12H,6-10H2,1-5H3,(H2,16,17,18);1H. The monoisotopic (exact) mass is 420 g/mol. The fourth-order valence-electron chi connectivity index (χ4n) is 2.56. The number of fused-ring (bicyclic) bond motifs is 1. The molecule has 22 heavy (non-hydrogen) atoms. The van der Waals surface area contributed by atoms with Gasteiger partial charge in [0.15, 0.2) is 5.96 Å². The summed E-state index contributed by atoms with van der Waals surface area (Å²) in [5, 5.41) is 15.1. The lowest BCUT2D eigenvalue weighted by Gasteiger charge is -2.26. The van der Waals surface area contributed by atoms with Crippen LogP contribution in [0.3, 0.4) is 0 Å². The van der Waals surface area contributed by atoms with Crippen LogP contribution >= 0.6 is 24.0 Å². The van der Waals surface area contributed by atoms with E-state index in [2.05, 4.69) is 53.1 Å². The minimum absolute atomic E-state index is 0. The predicted molar refractivity (Wildman–Crippen MR) is 101 cm³/mol. The van der Waals surface area contributed by atoms with Gasteiger partial charge in [0, 0.05) is 31.6 Å². The maximum Gasteiger partial charge on any atom is 0.191 e. The molecule has 7 heteroatoms. The number of halogens is 1. The van der Waals surface area contributed by atoms with Gasteiger partial charge in [0.25, 0.3) is 0 Å². The van der Waals surface area contributed by atoms with E-state index >= 15 is 0 Å². The van der Waals surface area contributed by atoms with E-state index < -0.39 is 0 Å². The molecular formula is C15H29IN6. The highest BCUT2D eigenvalue weighted by Crippen LogP contribution is 2.20. The van der Waals surface area contributed by atoms with E-state index in [0.717, 1.165) is 50.1 Å². The highest BCUT2D eigenvalue weighted by Gasteiger charge is 2.21. The number of rotatable bonds is 3.